The maximum absolute atomic E-state index is 15.2. The molecule has 0 aliphatic heterocycles. The van der Waals surface area contributed by atoms with E-state index in [1.54, 1.807) is 149 Å². The minimum absolute atomic E-state index is 0.00461. The maximum atomic E-state index is 15.2. The topological polar surface area (TPSA) is 802 Å². The van der Waals surface area contributed by atoms with Gasteiger partial charge in [0.1, 0.15) is 96.7 Å². The summed E-state index contributed by atoms with van der Waals surface area (Å²) in [6.45, 7) is 6.92. The minimum Gasteiger partial charge on any atom is -0.480 e. The summed E-state index contributed by atoms with van der Waals surface area (Å²) >= 11 is 0. The van der Waals surface area contributed by atoms with E-state index in [-0.39, 0.29) is 83.2 Å². The number of carbonyl (C=O) groups excluding carboxylic acids is 17. The molecule has 0 spiro atoms. The summed E-state index contributed by atoms with van der Waals surface area (Å²) in [5.74, 6) is -21.8. The fourth-order valence-electron chi connectivity index (χ4n) is 13.9. The van der Waals surface area contributed by atoms with Crippen LogP contribution in [0.15, 0.2) is 121 Å². The van der Waals surface area contributed by atoms with Crippen LogP contribution in [0.5, 0.6) is 0 Å². The molecule has 0 aromatic heterocycles. The van der Waals surface area contributed by atoms with Crippen molar-refractivity contribution in [3.63, 3.8) is 0 Å². The molecule has 4 aromatic rings. The number of primary amides is 2. The standard InChI is InChI=1S/C90H134N24O24/c1-47(2)37-60(104-73(122)56(91)44-115)77(126)111-67(45-116)83(132)113-72(51(7)119)86(135)110-64(41-54-27-17-11-18-28-54)80(129)107-62(39-52-23-13-9-14-24-52)78(127)101-57(31-21-35-98-89(94)95)75(124)105-61(38-48(3)4)76(125)106-63(40-53-25-15-10-16-26-53)79(128)108-66(43-70(93)121)81(130)103-59(32-22-36-99-90(96)97)87(136)114(8)68(46-117)84(133)109-65(42-55-29-19-12-20-30-55)82(131)112-71(50(6)118)85(134)102-58(33-34-69(92)120)74(123)100-49(5)88(137)138/h9-20,23-30,47-51,56-68,71-72,115-119H,21-22,31-46,91H2,1-8H3,(H2,92,120)(H2,93,121)(H,100,123)(H,101,127)(H,102,134)(H,103,130)(H,104,122)(H,105,124)(H,106,125)(H,107,129)(H,108,128)(H,109,133)(H,110,135)(H,111,126)(H,112,131)(H,113,132)(H,137,138)(H4,94,95,98)(H4,96,97,99)/t49-,50+,51+,56-,57-,58-,59-,60-,61-,62-,63-,64-,65-,66-,67-,68-,71-,72-/m0/s1. The fraction of sp³-hybridized carbons (Fsp3) is 0.511. The van der Waals surface area contributed by atoms with E-state index in [2.05, 4.69) is 85.1 Å². The smallest absolute Gasteiger partial charge is 0.325 e. The number of carboxylic acid groups (broad SMARTS) is 1. The molecule has 48 nitrogen and oxygen atoms in total. The zero-order valence-electron chi connectivity index (χ0n) is 78.2. The molecule has 0 radical (unpaired) electrons. The summed E-state index contributed by atoms with van der Waals surface area (Å²) in [4.78, 5) is 253. The lowest BCUT2D eigenvalue weighted by Crippen LogP contribution is -2.63. The molecule has 34 N–H and O–H groups in total. The van der Waals surface area contributed by atoms with E-state index in [0.29, 0.717) is 27.2 Å². The number of amides is 17. The molecule has 0 aliphatic carbocycles. The Balaban J connectivity index is 1.72. The van der Waals surface area contributed by atoms with Crippen molar-refractivity contribution in [1.82, 2.24) is 90.0 Å². The predicted octanol–water partition coefficient (Wildman–Crippen LogP) is -8.50. The number of carboxylic acids is 1. The fourth-order valence-corrected chi connectivity index (χ4v) is 13.9. The van der Waals surface area contributed by atoms with Gasteiger partial charge in [-0.15, -0.1) is 0 Å². The first kappa shape index (κ1) is 116. The first-order chi connectivity index (χ1) is 65.2. The van der Waals surface area contributed by atoms with Crippen LogP contribution in [0.2, 0.25) is 0 Å². The van der Waals surface area contributed by atoms with Gasteiger partial charge in [0.2, 0.25) is 100 Å². The summed E-state index contributed by atoms with van der Waals surface area (Å²) in [6, 6.07) is 4.99. The van der Waals surface area contributed by atoms with Crippen LogP contribution in [0.3, 0.4) is 0 Å². The molecule has 0 heterocycles. The third kappa shape index (κ3) is 41.5. The van der Waals surface area contributed by atoms with Gasteiger partial charge < -0.3 is 149 Å². The first-order valence-electron chi connectivity index (χ1n) is 44.7. The van der Waals surface area contributed by atoms with Gasteiger partial charge in [-0.2, -0.15) is 0 Å². The number of aliphatic carboxylic acids is 1. The second-order valence-corrected chi connectivity index (χ2v) is 34.0. The first-order valence-corrected chi connectivity index (χ1v) is 44.7. The number of rotatable bonds is 61. The Morgan fingerprint density at radius 1 is 0.341 bits per heavy atom. The van der Waals surface area contributed by atoms with Gasteiger partial charge in [0, 0.05) is 52.2 Å². The maximum Gasteiger partial charge on any atom is 0.325 e. The lowest BCUT2D eigenvalue weighted by molar-refractivity contribution is -0.144. The Labute approximate surface area is 797 Å². The zero-order chi connectivity index (χ0) is 103. The van der Waals surface area contributed by atoms with E-state index in [1.807, 2.05) is 0 Å². The number of guanidine groups is 2. The quantitative estimate of drug-likeness (QED) is 0.0111. The molecule has 0 aliphatic rings. The average Bonchev–Trinajstić information content (AvgIpc) is 0.832. The Bertz CT molecular complexity index is 4760. The van der Waals surface area contributed by atoms with Crippen LogP contribution in [0.25, 0.3) is 0 Å². The molecule has 4 rings (SSSR count). The Hall–Kier alpha value is -14.4. The number of nitrogens with one attached hydrogen (secondary N) is 18. The lowest BCUT2D eigenvalue weighted by Gasteiger charge is -2.32. The molecule has 18 atom stereocenters. The second-order valence-electron chi connectivity index (χ2n) is 34.0. The summed E-state index contributed by atoms with van der Waals surface area (Å²) < 4.78 is 0. The third-order valence-electron chi connectivity index (χ3n) is 21.4. The zero-order valence-corrected chi connectivity index (χ0v) is 78.2. The molecule has 4 aromatic carbocycles. The van der Waals surface area contributed by atoms with Crippen molar-refractivity contribution in [3.05, 3.63) is 144 Å². The lowest BCUT2D eigenvalue weighted by atomic mass is 9.99. The summed E-state index contributed by atoms with van der Waals surface area (Å²) in [5, 5.41) is 117. The van der Waals surface area contributed by atoms with Crippen LogP contribution in [-0.4, -0.2) is 303 Å². The number of hydrogen-bond donors (Lipinski definition) is 29. The van der Waals surface area contributed by atoms with Crippen molar-refractivity contribution in [2.75, 3.05) is 40.0 Å². The SMILES string of the molecule is CC(C)C[C@H](NC(=O)[C@H](CCCNC(=N)N)NC(=O)[C@H](Cc1ccccc1)NC(=O)[C@H](Cc1ccccc1)NC(=O)[C@@H](NC(=O)[C@H](CO)NC(=O)[C@H](CC(C)C)NC(=O)[C@@H](N)CO)[C@@H](C)O)C(=O)N[C@@H](Cc1ccccc1)C(=O)N[C@@H](CC(N)=O)C(=O)N[C@@H](CCCNC(=N)N)C(=O)N(C)[C@@H](CO)C(=O)N[C@@H](Cc1ccccc1)C(=O)N[C@H](C(=O)N[C@@H](CCC(N)=O)C(=O)N[C@@H](C)C(=O)O)[C@@H](C)O. The van der Waals surface area contributed by atoms with E-state index < -0.39 is 272 Å². The van der Waals surface area contributed by atoms with E-state index in [4.69, 9.17) is 39.5 Å². The molecule has 0 unspecified atom stereocenters. The Morgan fingerprint density at radius 2 is 0.638 bits per heavy atom. The molecule has 758 valence electrons. The number of benzene rings is 4. The van der Waals surface area contributed by atoms with Crippen molar-refractivity contribution in [2.45, 2.75) is 241 Å². The van der Waals surface area contributed by atoms with Crippen LogP contribution in [0, 0.1) is 22.7 Å². The monoisotopic (exact) mass is 1940 g/mol. The van der Waals surface area contributed by atoms with Gasteiger partial charge in [0.25, 0.3) is 0 Å². The molecule has 48 heteroatoms. The van der Waals surface area contributed by atoms with Gasteiger partial charge in [-0.25, -0.2) is 0 Å². The highest BCUT2D eigenvalue weighted by Crippen LogP contribution is 2.17. The van der Waals surface area contributed by atoms with Gasteiger partial charge in [-0.05, 0) is 99.8 Å². The van der Waals surface area contributed by atoms with Gasteiger partial charge >= 0.3 is 5.97 Å². The number of aliphatic hydroxyl groups excluding tert-OH is 5. The molecular weight excluding hydrogens is 1800 g/mol. The predicted molar refractivity (Wildman–Crippen MR) is 500 cm³/mol. The highest BCUT2D eigenvalue weighted by atomic mass is 16.4. The van der Waals surface area contributed by atoms with E-state index in [0.717, 1.165) is 27.8 Å². The molecule has 138 heavy (non-hydrogen) atoms. The van der Waals surface area contributed by atoms with Crippen LogP contribution < -0.4 is 114 Å². The second kappa shape index (κ2) is 59.5. The molecule has 17 amide bonds. The molecule has 0 saturated heterocycles. The van der Waals surface area contributed by atoms with Crippen molar-refractivity contribution in [1.29, 1.82) is 10.8 Å². The highest BCUT2D eigenvalue weighted by Gasteiger charge is 2.42. The van der Waals surface area contributed by atoms with E-state index in [9.17, 15) is 93.0 Å². The number of aliphatic hydroxyl groups is 5. The number of likely N-dealkylation sites (N-methyl/N-ethyl adjacent to an activating group) is 1. The van der Waals surface area contributed by atoms with Crippen LogP contribution in [-0.2, 0) is 112 Å². The molecule has 0 fully saturated rings. The summed E-state index contributed by atoms with van der Waals surface area (Å²) in [5.41, 5.74) is 29.6. The van der Waals surface area contributed by atoms with Gasteiger partial charge in [0.15, 0.2) is 11.9 Å². The van der Waals surface area contributed by atoms with Gasteiger partial charge in [-0.1, -0.05) is 149 Å². The molecule has 0 saturated carbocycles. The number of nitrogens with two attached hydrogens (primary N) is 5. The number of hydrogen-bond acceptors (Lipinski definition) is 26. The highest BCUT2D eigenvalue weighted by molar-refractivity contribution is 6.02. The number of carbonyl (C=O) groups is 18. The molecular formula is C90H134N24O24. The van der Waals surface area contributed by atoms with Crippen molar-refractivity contribution in [3.8, 4) is 0 Å². The average molecular weight is 1940 g/mol. The number of nitrogens with zero attached hydrogens (tertiary/aromatic N) is 1. The largest absolute Gasteiger partial charge is 0.480 e. The minimum atomic E-state index is -2.01. The Morgan fingerprint density at radius 3 is 0.993 bits per heavy atom. The van der Waals surface area contributed by atoms with Crippen LogP contribution in [0.1, 0.15) is 129 Å². The van der Waals surface area contributed by atoms with Crippen LogP contribution >= 0.6 is 0 Å². The molecule has 0 bridgehead atoms. The van der Waals surface area contributed by atoms with Crippen LogP contribution in [0.4, 0.5) is 0 Å². The van der Waals surface area contributed by atoms with E-state index >= 15 is 24.0 Å². The summed E-state index contributed by atoms with van der Waals surface area (Å²) in [7, 11) is 1.03. The van der Waals surface area contributed by atoms with Crippen molar-refractivity contribution in [2.24, 2.45) is 40.5 Å². The van der Waals surface area contributed by atoms with Gasteiger partial charge in [-0.3, -0.25) is 97.1 Å². The third-order valence-corrected chi connectivity index (χ3v) is 21.4. The van der Waals surface area contributed by atoms with E-state index in [1.165, 1.54) is 0 Å². The Kier molecular flexibility index (Phi) is 50.0. The van der Waals surface area contributed by atoms with Crippen molar-refractivity contribution < 1.29 is 117 Å². The summed E-state index contributed by atoms with van der Waals surface area (Å²) in [6.07, 6.45) is -7.73. The normalized spacial score (nSPS) is 15.0. The van der Waals surface area contributed by atoms with Crippen molar-refractivity contribution >= 4 is 118 Å². The van der Waals surface area contributed by atoms with Gasteiger partial charge in [0.05, 0.1) is 38.4 Å².